The number of aromatic hydroxyl groups is 1. The minimum Gasteiger partial charge on any atom is -0.508 e. The van der Waals surface area contributed by atoms with Gasteiger partial charge in [0.1, 0.15) is 5.75 Å². The first-order valence-electron chi connectivity index (χ1n) is 11.6. The third kappa shape index (κ3) is 4.83. The number of hydrogen-bond acceptors (Lipinski definition) is 5. The van der Waals surface area contributed by atoms with Crippen LogP contribution in [0.4, 0.5) is 0 Å². The number of phenols is 1. The van der Waals surface area contributed by atoms with Crippen LogP contribution < -0.4 is 0 Å². The van der Waals surface area contributed by atoms with Gasteiger partial charge < -0.3 is 10.2 Å². The summed E-state index contributed by atoms with van der Waals surface area (Å²) in [5.41, 5.74) is 4.91. The fraction of sp³-hybridized carbons (Fsp3) is 0.259. The topological polar surface area (TPSA) is 112 Å². The SMILES string of the molecule is O=C(O)CC1CCC(c2ccc(-c3ccc(-c4n[nH]c(-c5ccc(O)cc5)n4)cn3)cc2)CC1. The molecule has 0 amide bonds. The van der Waals surface area contributed by atoms with E-state index in [1.54, 1.807) is 30.5 Å². The molecular weight excluding hydrogens is 428 g/mol. The van der Waals surface area contributed by atoms with E-state index in [-0.39, 0.29) is 5.75 Å². The van der Waals surface area contributed by atoms with E-state index in [1.165, 1.54) is 5.56 Å². The van der Waals surface area contributed by atoms with Crippen LogP contribution in [0.15, 0.2) is 66.9 Å². The number of carbonyl (C=O) groups is 1. The highest BCUT2D eigenvalue weighted by atomic mass is 16.4. The Bertz CT molecular complexity index is 1260. The molecule has 0 radical (unpaired) electrons. The van der Waals surface area contributed by atoms with Gasteiger partial charge in [-0.1, -0.05) is 24.3 Å². The van der Waals surface area contributed by atoms with Crippen molar-refractivity contribution in [1.29, 1.82) is 0 Å². The maximum atomic E-state index is 10.9. The Kier molecular flexibility index (Phi) is 6.08. The van der Waals surface area contributed by atoms with E-state index in [1.807, 2.05) is 12.1 Å². The van der Waals surface area contributed by atoms with E-state index < -0.39 is 5.97 Å². The molecule has 2 aromatic heterocycles. The number of nitrogens with one attached hydrogen (secondary N) is 1. The van der Waals surface area contributed by atoms with Crippen molar-refractivity contribution in [2.24, 2.45) is 5.92 Å². The number of nitrogens with zero attached hydrogens (tertiary/aromatic N) is 3. The average molecular weight is 455 g/mol. The Morgan fingerprint density at radius 3 is 2.21 bits per heavy atom. The number of hydrogen-bond donors (Lipinski definition) is 3. The maximum absolute atomic E-state index is 10.9. The molecule has 0 aliphatic heterocycles. The highest BCUT2D eigenvalue weighted by molar-refractivity contribution is 5.67. The molecule has 2 heterocycles. The summed E-state index contributed by atoms with van der Waals surface area (Å²) in [4.78, 5) is 20.1. The van der Waals surface area contributed by atoms with Crippen molar-refractivity contribution in [1.82, 2.24) is 20.2 Å². The van der Waals surface area contributed by atoms with Gasteiger partial charge in [-0.25, -0.2) is 4.98 Å². The number of aromatic nitrogens is 4. The summed E-state index contributed by atoms with van der Waals surface area (Å²) in [5.74, 6) is 1.54. The molecule has 1 saturated carbocycles. The number of benzene rings is 2. The second-order valence-electron chi connectivity index (χ2n) is 8.92. The van der Waals surface area contributed by atoms with Gasteiger partial charge in [-0.15, -0.1) is 0 Å². The molecule has 0 unspecified atom stereocenters. The second-order valence-corrected chi connectivity index (χ2v) is 8.92. The first kappa shape index (κ1) is 21.8. The van der Waals surface area contributed by atoms with Crippen LogP contribution in [-0.4, -0.2) is 36.3 Å². The lowest BCUT2D eigenvalue weighted by molar-refractivity contribution is -0.138. The molecule has 1 aliphatic rings. The molecule has 2 aromatic carbocycles. The Hall–Kier alpha value is -4.00. The van der Waals surface area contributed by atoms with Crippen LogP contribution in [0.1, 0.15) is 43.6 Å². The summed E-state index contributed by atoms with van der Waals surface area (Å²) >= 11 is 0. The van der Waals surface area contributed by atoms with Gasteiger partial charge in [0.25, 0.3) is 0 Å². The molecule has 1 aliphatic carbocycles. The van der Waals surface area contributed by atoms with E-state index in [4.69, 9.17) is 5.11 Å². The van der Waals surface area contributed by atoms with Crippen molar-refractivity contribution in [3.63, 3.8) is 0 Å². The number of H-pyrrole nitrogens is 1. The standard InChI is InChI=1S/C27H26N4O3/c32-23-12-9-21(10-13-23)26-29-27(31-30-26)22-11-14-24(28-16-22)20-7-5-19(6-8-20)18-3-1-17(2-4-18)15-25(33)34/h5-14,16-18,32H,1-4,15H2,(H,33,34)(H,29,30,31). The predicted molar refractivity (Wildman–Crippen MR) is 129 cm³/mol. The number of carboxylic acid groups (broad SMARTS) is 1. The van der Waals surface area contributed by atoms with Gasteiger partial charge >= 0.3 is 5.97 Å². The van der Waals surface area contributed by atoms with E-state index in [2.05, 4.69) is 44.4 Å². The van der Waals surface area contributed by atoms with Crippen molar-refractivity contribution in [2.75, 3.05) is 0 Å². The number of phenolic OH excluding ortho intramolecular Hbond substituents is 1. The van der Waals surface area contributed by atoms with Crippen LogP contribution in [0.2, 0.25) is 0 Å². The Morgan fingerprint density at radius 2 is 1.56 bits per heavy atom. The van der Waals surface area contributed by atoms with Gasteiger partial charge in [0.15, 0.2) is 11.6 Å². The molecule has 5 rings (SSSR count). The third-order valence-corrected chi connectivity index (χ3v) is 6.64. The highest BCUT2D eigenvalue weighted by Crippen LogP contribution is 2.37. The molecule has 3 N–H and O–H groups in total. The highest BCUT2D eigenvalue weighted by Gasteiger charge is 2.24. The van der Waals surface area contributed by atoms with Crippen molar-refractivity contribution >= 4 is 5.97 Å². The molecule has 172 valence electrons. The van der Waals surface area contributed by atoms with Gasteiger partial charge in [-0.2, -0.15) is 5.10 Å². The molecule has 4 aromatic rings. The Labute approximate surface area is 197 Å². The largest absolute Gasteiger partial charge is 0.508 e. The third-order valence-electron chi connectivity index (χ3n) is 6.64. The molecule has 0 atom stereocenters. The Morgan fingerprint density at radius 1 is 0.882 bits per heavy atom. The van der Waals surface area contributed by atoms with E-state index in [9.17, 15) is 9.90 Å². The van der Waals surface area contributed by atoms with Crippen molar-refractivity contribution in [3.05, 3.63) is 72.4 Å². The fourth-order valence-corrected chi connectivity index (χ4v) is 4.71. The van der Waals surface area contributed by atoms with Crippen molar-refractivity contribution in [2.45, 2.75) is 38.0 Å². The van der Waals surface area contributed by atoms with Crippen LogP contribution in [-0.2, 0) is 4.79 Å². The lowest BCUT2D eigenvalue weighted by Crippen LogP contribution is -2.16. The lowest BCUT2D eigenvalue weighted by atomic mass is 9.77. The van der Waals surface area contributed by atoms with Crippen LogP contribution in [0, 0.1) is 5.92 Å². The number of pyridine rings is 1. The predicted octanol–water partition coefficient (Wildman–Crippen LogP) is 5.65. The second kappa shape index (κ2) is 9.47. The molecule has 7 nitrogen and oxygen atoms in total. The fourth-order valence-electron chi connectivity index (χ4n) is 4.71. The van der Waals surface area contributed by atoms with Gasteiger partial charge in [-0.05, 0) is 79.5 Å². The van der Waals surface area contributed by atoms with E-state index in [0.29, 0.717) is 29.9 Å². The summed E-state index contributed by atoms with van der Waals surface area (Å²) in [6.07, 6.45) is 6.13. The number of aliphatic carboxylic acids is 1. The quantitative estimate of drug-likeness (QED) is 0.347. The van der Waals surface area contributed by atoms with E-state index >= 15 is 0 Å². The summed E-state index contributed by atoms with van der Waals surface area (Å²) in [5, 5.41) is 25.7. The number of aromatic amines is 1. The molecule has 34 heavy (non-hydrogen) atoms. The van der Waals surface area contributed by atoms with Crippen molar-refractivity contribution < 1.29 is 15.0 Å². The summed E-state index contributed by atoms with van der Waals surface area (Å²) < 4.78 is 0. The minimum absolute atomic E-state index is 0.208. The Balaban J connectivity index is 1.24. The minimum atomic E-state index is -0.688. The zero-order chi connectivity index (χ0) is 23.5. The maximum Gasteiger partial charge on any atom is 0.303 e. The molecule has 0 bridgehead atoms. The van der Waals surface area contributed by atoms with Gasteiger partial charge in [-0.3, -0.25) is 14.9 Å². The van der Waals surface area contributed by atoms with Crippen molar-refractivity contribution in [3.8, 4) is 39.8 Å². The average Bonchev–Trinajstić information content (AvgIpc) is 3.35. The zero-order valence-electron chi connectivity index (χ0n) is 18.7. The molecule has 7 heteroatoms. The molecule has 1 fully saturated rings. The zero-order valence-corrected chi connectivity index (χ0v) is 18.7. The first-order chi connectivity index (χ1) is 16.5. The van der Waals surface area contributed by atoms with Gasteiger partial charge in [0.05, 0.1) is 5.69 Å². The number of carboxylic acids is 1. The van der Waals surface area contributed by atoms with Gasteiger partial charge in [0.2, 0.25) is 0 Å². The molecular formula is C27H26N4O3. The number of rotatable bonds is 6. The lowest BCUT2D eigenvalue weighted by Gasteiger charge is -2.28. The first-order valence-corrected chi connectivity index (χ1v) is 11.6. The smallest absolute Gasteiger partial charge is 0.303 e. The normalized spacial score (nSPS) is 18.0. The van der Waals surface area contributed by atoms with Crippen LogP contribution in [0.5, 0.6) is 5.75 Å². The van der Waals surface area contributed by atoms with Crippen LogP contribution in [0.25, 0.3) is 34.0 Å². The summed E-state index contributed by atoms with van der Waals surface area (Å²) in [6.45, 7) is 0. The summed E-state index contributed by atoms with van der Waals surface area (Å²) in [7, 11) is 0. The van der Waals surface area contributed by atoms with Crippen LogP contribution in [0.3, 0.4) is 0 Å². The summed E-state index contributed by atoms with van der Waals surface area (Å²) in [6, 6.07) is 19.3. The van der Waals surface area contributed by atoms with E-state index in [0.717, 1.165) is 48.1 Å². The van der Waals surface area contributed by atoms with Crippen LogP contribution >= 0.6 is 0 Å². The molecule has 0 spiro atoms. The van der Waals surface area contributed by atoms with Gasteiger partial charge in [0, 0.05) is 29.3 Å². The molecule has 0 saturated heterocycles. The monoisotopic (exact) mass is 454 g/mol.